The molecule has 0 radical (unpaired) electrons. The molecular weight excluding hydrogens is 276 g/mol. The molecule has 2 rings (SSSR count). The first-order valence-electron chi connectivity index (χ1n) is 6.00. The van der Waals surface area contributed by atoms with E-state index in [1.54, 1.807) is 36.4 Å². The van der Waals surface area contributed by atoms with E-state index >= 15 is 0 Å². The Kier molecular flexibility index (Phi) is 3.90. The molecule has 0 unspecified atom stereocenters. The SMILES string of the molecule is Cc1ccc(S(=O)(=O)Cc2cccc(C(=O)O)c2)cc1. The van der Waals surface area contributed by atoms with Gasteiger partial charge in [0.25, 0.3) is 0 Å². The molecule has 0 fully saturated rings. The Bertz CT molecular complexity index is 731. The van der Waals surface area contributed by atoms with Crippen LogP contribution in [0.3, 0.4) is 0 Å². The third-order valence-electron chi connectivity index (χ3n) is 2.91. The third kappa shape index (κ3) is 3.24. The zero-order chi connectivity index (χ0) is 14.8. The van der Waals surface area contributed by atoms with Crippen LogP contribution < -0.4 is 0 Å². The molecule has 0 aromatic heterocycles. The number of aromatic carboxylic acids is 1. The highest BCUT2D eigenvalue weighted by molar-refractivity contribution is 7.90. The van der Waals surface area contributed by atoms with Crippen LogP contribution in [0.1, 0.15) is 21.5 Å². The van der Waals surface area contributed by atoms with Gasteiger partial charge in [0.05, 0.1) is 16.2 Å². The van der Waals surface area contributed by atoms with Gasteiger partial charge in [-0.2, -0.15) is 0 Å². The number of sulfone groups is 1. The fourth-order valence-corrected chi connectivity index (χ4v) is 3.18. The van der Waals surface area contributed by atoms with Gasteiger partial charge in [-0.05, 0) is 36.8 Å². The van der Waals surface area contributed by atoms with Gasteiger partial charge in [-0.15, -0.1) is 0 Å². The Morgan fingerprint density at radius 3 is 2.35 bits per heavy atom. The Hall–Kier alpha value is -2.14. The van der Waals surface area contributed by atoms with Gasteiger partial charge in [-0.25, -0.2) is 13.2 Å². The van der Waals surface area contributed by atoms with E-state index in [1.807, 2.05) is 6.92 Å². The highest BCUT2D eigenvalue weighted by Crippen LogP contribution is 2.17. The van der Waals surface area contributed by atoms with Crippen LogP contribution in [-0.4, -0.2) is 19.5 Å². The molecule has 0 aliphatic heterocycles. The van der Waals surface area contributed by atoms with Gasteiger partial charge in [0, 0.05) is 0 Å². The molecule has 0 amide bonds. The molecule has 2 aromatic rings. The second-order valence-electron chi connectivity index (χ2n) is 4.58. The van der Waals surface area contributed by atoms with E-state index in [0.29, 0.717) is 5.56 Å². The van der Waals surface area contributed by atoms with Gasteiger partial charge in [-0.3, -0.25) is 0 Å². The lowest BCUT2D eigenvalue weighted by Crippen LogP contribution is -2.06. The molecule has 0 spiro atoms. The first kappa shape index (κ1) is 14.3. The first-order chi connectivity index (χ1) is 9.38. The van der Waals surface area contributed by atoms with Gasteiger partial charge in [0.2, 0.25) is 0 Å². The van der Waals surface area contributed by atoms with Crippen molar-refractivity contribution in [2.75, 3.05) is 0 Å². The summed E-state index contributed by atoms with van der Waals surface area (Å²) in [5, 5.41) is 8.91. The monoisotopic (exact) mass is 290 g/mol. The van der Waals surface area contributed by atoms with E-state index in [4.69, 9.17) is 5.11 Å². The summed E-state index contributed by atoms with van der Waals surface area (Å²) < 4.78 is 24.5. The largest absolute Gasteiger partial charge is 0.478 e. The molecule has 2 aromatic carbocycles. The lowest BCUT2D eigenvalue weighted by Gasteiger charge is -2.06. The molecule has 5 heteroatoms. The lowest BCUT2D eigenvalue weighted by molar-refractivity contribution is 0.0696. The number of hydrogen-bond acceptors (Lipinski definition) is 3. The van der Waals surface area contributed by atoms with Crippen LogP contribution in [0, 0.1) is 6.92 Å². The summed E-state index contributed by atoms with van der Waals surface area (Å²) in [6.45, 7) is 1.88. The fraction of sp³-hybridized carbons (Fsp3) is 0.133. The van der Waals surface area contributed by atoms with Crippen molar-refractivity contribution in [1.82, 2.24) is 0 Å². The summed E-state index contributed by atoms with van der Waals surface area (Å²) in [6.07, 6.45) is 0. The van der Waals surface area contributed by atoms with Crippen LogP contribution in [0.4, 0.5) is 0 Å². The summed E-state index contributed by atoms with van der Waals surface area (Å²) in [4.78, 5) is 11.1. The predicted molar refractivity (Wildman–Crippen MR) is 75.5 cm³/mol. The van der Waals surface area contributed by atoms with Crippen LogP contribution in [0.15, 0.2) is 53.4 Å². The minimum Gasteiger partial charge on any atom is -0.478 e. The van der Waals surface area contributed by atoms with E-state index in [1.165, 1.54) is 12.1 Å². The van der Waals surface area contributed by atoms with E-state index < -0.39 is 15.8 Å². The number of carbonyl (C=O) groups is 1. The molecule has 1 N–H and O–H groups in total. The third-order valence-corrected chi connectivity index (χ3v) is 4.61. The Morgan fingerprint density at radius 1 is 1.10 bits per heavy atom. The molecule has 0 bridgehead atoms. The van der Waals surface area contributed by atoms with Crippen molar-refractivity contribution in [3.05, 3.63) is 65.2 Å². The first-order valence-corrected chi connectivity index (χ1v) is 7.65. The molecule has 0 heterocycles. The Labute approximate surface area is 117 Å². The molecule has 0 saturated heterocycles. The molecule has 20 heavy (non-hydrogen) atoms. The quantitative estimate of drug-likeness (QED) is 0.939. The molecule has 0 atom stereocenters. The van der Waals surface area contributed by atoms with Crippen LogP contribution in [0.2, 0.25) is 0 Å². The lowest BCUT2D eigenvalue weighted by atomic mass is 10.1. The van der Waals surface area contributed by atoms with Gasteiger partial charge < -0.3 is 5.11 Å². The number of carboxylic acids is 1. The van der Waals surface area contributed by atoms with Crippen molar-refractivity contribution < 1.29 is 18.3 Å². The van der Waals surface area contributed by atoms with Crippen molar-refractivity contribution in [1.29, 1.82) is 0 Å². The van der Waals surface area contributed by atoms with Crippen LogP contribution in [-0.2, 0) is 15.6 Å². The molecule has 0 aliphatic rings. The summed E-state index contributed by atoms with van der Waals surface area (Å²) in [6, 6.07) is 12.6. The number of rotatable bonds is 4. The highest BCUT2D eigenvalue weighted by Gasteiger charge is 2.16. The number of carboxylic acid groups (broad SMARTS) is 1. The van der Waals surface area contributed by atoms with Crippen molar-refractivity contribution >= 4 is 15.8 Å². The predicted octanol–water partition coefficient (Wildman–Crippen LogP) is 2.67. The van der Waals surface area contributed by atoms with Crippen LogP contribution >= 0.6 is 0 Å². The second-order valence-corrected chi connectivity index (χ2v) is 6.57. The van der Waals surface area contributed by atoms with Crippen molar-refractivity contribution in [2.24, 2.45) is 0 Å². The molecule has 0 saturated carbocycles. The summed E-state index contributed by atoms with van der Waals surface area (Å²) in [5.41, 5.74) is 1.53. The van der Waals surface area contributed by atoms with Gasteiger partial charge >= 0.3 is 5.97 Å². The van der Waals surface area contributed by atoms with Crippen LogP contribution in [0.5, 0.6) is 0 Å². The number of hydrogen-bond donors (Lipinski definition) is 1. The zero-order valence-corrected chi connectivity index (χ0v) is 11.7. The number of benzene rings is 2. The maximum atomic E-state index is 12.2. The van der Waals surface area contributed by atoms with E-state index in [-0.39, 0.29) is 16.2 Å². The van der Waals surface area contributed by atoms with Crippen molar-refractivity contribution in [2.45, 2.75) is 17.6 Å². The van der Waals surface area contributed by atoms with E-state index in [9.17, 15) is 13.2 Å². The second kappa shape index (κ2) is 5.46. The van der Waals surface area contributed by atoms with Gasteiger partial charge in [-0.1, -0.05) is 29.8 Å². The van der Waals surface area contributed by atoms with Crippen molar-refractivity contribution in [3.63, 3.8) is 0 Å². The maximum Gasteiger partial charge on any atom is 0.335 e. The zero-order valence-electron chi connectivity index (χ0n) is 10.9. The summed E-state index contributed by atoms with van der Waals surface area (Å²) in [7, 11) is -3.47. The minimum atomic E-state index is -3.47. The summed E-state index contributed by atoms with van der Waals surface area (Å²) >= 11 is 0. The van der Waals surface area contributed by atoms with E-state index in [2.05, 4.69) is 0 Å². The topological polar surface area (TPSA) is 71.4 Å². The molecular formula is C15H14O4S. The van der Waals surface area contributed by atoms with E-state index in [0.717, 1.165) is 5.56 Å². The smallest absolute Gasteiger partial charge is 0.335 e. The van der Waals surface area contributed by atoms with Crippen LogP contribution in [0.25, 0.3) is 0 Å². The average Bonchev–Trinajstić information content (AvgIpc) is 2.39. The Morgan fingerprint density at radius 2 is 1.75 bits per heavy atom. The fourth-order valence-electron chi connectivity index (χ4n) is 1.84. The van der Waals surface area contributed by atoms with Gasteiger partial charge in [0.1, 0.15) is 0 Å². The summed E-state index contributed by atoms with van der Waals surface area (Å²) in [5.74, 6) is -1.28. The standard InChI is InChI=1S/C15H14O4S/c1-11-5-7-14(8-6-11)20(18,19)10-12-3-2-4-13(9-12)15(16)17/h2-9H,10H2,1H3,(H,16,17). The molecule has 4 nitrogen and oxygen atoms in total. The number of aryl methyl sites for hydroxylation is 1. The van der Waals surface area contributed by atoms with Gasteiger partial charge in [0.15, 0.2) is 9.84 Å². The normalized spacial score (nSPS) is 11.2. The highest BCUT2D eigenvalue weighted by atomic mass is 32.2. The Balaban J connectivity index is 2.31. The maximum absolute atomic E-state index is 12.2. The molecule has 104 valence electrons. The minimum absolute atomic E-state index is 0.0848. The van der Waals surface area contributed by atoms with Crippen molar-refractivity contribution in [3.8, 4) is 0 Å². The average molecular weight is 290 g/mol. The molecule has 0 aliphatic carbocycles.